The SMILES string of the molecule is CCCN(CC)C(=O)CCc1ccc(-c2ccc(Cl)cc2)n1-c1ccc(OC)cc1. The predicted molar refractivity (Wildman–Crippen MR) is 124 cm³/mol. The molecule has 4 nitrogen and oxygen atoms in total. The van der Waals surface area contributed by atoms with Crippen LogP contribution in [0.4, 0.5) is 0 Å². The number of carbonyl (C=O) groups is 1. The first kappa shape index (κ1) is 22.0. The zero-order chi connectivity index (χ0) is 21.5. The lowest BCUT2D eigenvalue weighted by molar-refractivity contribution is -0.131. The molecule has 0 saturated carbocycles. The number of hydrogen-bond donors (Lipinski definition) is 0. The number of ether oxygens (including phenoxy) is 1. The van der Waals surface area contributed by atoms with Crippen molar-refractivity contribution in [3.05, 3.63) is 71.4 Å². The molecule has 0 aliphatic rings. The summed E-state index contributed by atoms with van der Waals surface area (Å²) in [6.07, 6.45) is 2.15. The number of benzene rings is 2. The van der Waals surface area contributed by atoms with Gasteiger partial charge < -0.3 is 14.2 Å². The maximum absolute atomic E-state index is 12.7. The molecule has 0 N–H and O–H groups in total. The lowest BCUT2D eigenvalue weighted by atomic mass is 10.1. The van der Waals surface area contributed by atoms with Crippen LogP contribution in [0.15, 0.2) is 60.7 Å². The minimum absolute atomic E-state index is 0.204. The molecule has 0 unspecified atom stereocenters. The quantitative estimate of drug-likeness (QED) is 0.422. The van der Waals surface area contributed by atoms with E-state index in [1.807, 2.05) is 60.4 Å². The summed E-state index contributed by atoms with van der Waals surface area (Å²) in [5.74, 6) is 1.02. The second-order valence-corrected chi connectivity index (χ2v) is 7.66. The number of aryl methyl sites for hydroxylation is 1. The fourth-order valence-electron chi connectivity index (χ4n) is 3.68. The summed E-state index contributed by atoms with van der Waals surface area (Å²) in [4.78, 5) is 14.6. The number of hydrogen-bond acceptors (Lipinski definition) is 2. The smallest absolute Gasteiger partial charge is 0.222 e. The Hall–Kier alpha value is -2.72. The van der Waals surface area contributed by atoms with Crippen LogP contribution in [0.2, 0.25) is 5.02 Å². The van der Waals surface area contributed by atoms with Gasteiger partial charge in [0.2, 0.25) is 5.91 Å². The van der Waals surface area contributed by atoms with Crippen molar-refractivity contribution in [2.75, 3.05) is 20.2 Å². The molecule has 5 heteroatoms. The molecular formula is C25H29ClN2O2. The molecule has 3 rings (SSSR count). The molecule has 0 fully saturated rings. The molecule has 0 saturated heterocycles. The molecule has 1 heterocycles. The number of aromatic nitrogens is 1. The van der Waals surface area contributed by atoms with Gasteiger partial charge in [-0.25, -0.2) is 0 Å². The highest BCUT2D eigenvalue weighted by Crippen LogP contribution is 2.29. The largest absolute Gasteiger partial charge is 0.497 e. The Bertz CT molecular complexity index is 962. The minimum Gasteiger partial charge on any atom is -0.497 e. The van der Waals surface area contributed by atoms with E-state index in [1.54, 1.807) is 7.11 Å². The topological polar surface area (TPSA) is 34.5 Å². The monoisotopic (exact) mass is 424 g/mol. The van der Waals surface area contributed by atoms with Gasteiger partial charge in [0.1, 0.15) is 5.75 Å². The van der Waals surface area contributed by atoms with Crippen molar-refractivity contribution in [2.45, 2.75) is 33.1 Å². The van der Waals surface area contributed by atoms with E-state index < -0.39 is 0 Å². The van der Waals surface area contributed by atoms with Crippen LogP contribution in [0.25, 0.3) is 16.9 Å². The number of nitrogens with zero attached hydrogens (tertiary/aromatic N) is 2. The van der Waals surface area contributed by atoms with Crippen molar-refractivity contribution in [1.82, 2.24) is 9.47 Å². The lowest BCUT2D eigenvalue weighted by Crippen LogP contribution is -2.31. The third-order valence-corrected chi connectivity index (χ3v) is 5.51. The van der Waals surface area contributed by atoms with Gasteiger partial charge in [-0.2, -0.15) is 0 Å². The van der Waals surface area contributed by atoms with Crippen molar-refractivity contribution in [1.29, 1.82) is 0 Å². The molecule has 1 aromatic heterocycles. The third-order valence-electron chi connectivity index (χ3n) is 5.26. The molecule has 30 heavy (non-hydrogen) atoms. The highest BCUT2D eigenvalue weighted by molar-refractivity contribution is 6.30. The number of rotatable bonds is 9. The minimum atomic E-state index is 0.204. The molecule has 0 aliphatic carbocycles. The molecular weight excluding hydrogens is 396 g/mol. The Balaban J connectivity index is 1.94. The van der Waals surface area contributed by atoms with Gasteiger partial charge in [0.05, 0.1) is 12.8 Å². The molecule has 3 aromatic rings. The Morgan fingerprint density at radius 1 is 1.00 bits per heavy atom. The first-order chi connectivity index (χ1) is 14.6. The van der Waals surface area contributed by atoms with Crippen LogP contribution in [0.5, 0.6) is 5.75 Å². The summed E-state index contributed by atoms with van der Waals surface area (Å²) >= 11 is 6.09. The Kier molecular flexibility index (Phi) is 7.58. The van der Waals surface area contributed by atoms with Crippen LogP contribution in [0.1, 0.15) is 32.4 Å². The van der Waals surface area contributed by atoms with Crippen LogP contribution in [-0.2, 0) is 11.2 Å². The first-order valence-corrected chi connectivity index (χ1v) is 10.8. The molecule has 0 bridgehead atoms. The van der Waals surface area contributed by atoms with E-state index in [2.05, 4.69) is 23.6 Å². The third kappa shape index (κ3) is 5.06. The van der Waals surface area contributed by atoms with Gasteiger partial charge >= 0.3 is 0 Å². The summed E-state index contributed by atoms with van der Waals surface area (Å²) < 4.78 is 7.53. The Labute approximate surface area is 184 Å². The Morgan fingerprint density at radius 2 is 1.70 bits per heavy atom. The average molecular weight is 425 g/mol. The first-order valence-electron chi connectivity index (χ1n) is 10.5. The molecule has 0 spiro atoms. The van der Waals surface area contributed by atoms with Crippen molar-refractivity contribution in [3.8, 4) is 22.7 Å². The van der Waals surface area contributed by atoms with Crippen LogP contribution in [-0.4, -0.2) is 35.6 Å². The van der Waals surface area contributed by atoms with E-state index in [9.17, 15) is 4.79 Å². The summed E-state index contributed by atoms with van der Waals surface area (Å²) in [7, 11) is 1.66. The number of amides is 1. The van der Waals surface area contributed by atoms with Crippen LogP contribution < -0.4 is 4.74 Å². The zero-order valence-corrected chi connectivity index (χ0v) is 18.7. The van der Waals surface area contributed by atoms with E-state index >= 15 is 0 Å². The zero-order valence-electron chi connectivity index (χ0n) is 17.9. The molecule has 1 amide bonds. The van der Waals surface area contributed by atoms with Crippen LogP contribution in [0, 0.1) is 0 Å². The van der Waals surface area contributed by atoms with E-state index in [0.717, 1.165) is 47.9 Å². The number of carbonyl (C=O) groups excluding carboxylic acids is 1. The van der Waals surface area contributed by atoms with E-state index in [4.69, 9.17) is 16.3 Å². The summed E-state index contributed by atoms with van der Waals surface area (Å²) in [6, 6.07) is 20.0. The summed E-state index contributed by atoms with van der Waals surface area (Å²) in [5, 5.41) is 0.711. The normalized spacial score (nSPS) is 10.8. The molecule has 0 atom stereocenters. The highest BCUT2D eigenvalue weighted by Gasteiger charge is 2.16. The fraction of sp³-hybridized carbons (Fsp3) is 0.320. The van der Waals surface area contributed by atoms with Gasteiger partial charge in [-0.3, -0.25) is 4.79 Å². The van der Waals surface area contributed by atoms with Crippen LogP contribution in [0.3, 0.4) is 0 Å². The van der Waals surface area contributed by atoms with Gasteiger partial charge in [0.15, 0.2) is 0 Å². The molecule has 2 aromatic carbocycles. The molecule has 0 aliphatic heterocycles. The molecule has 158 valence electrons. The van der Waals surface area contributed by atoms with Gasteiger partial charge in [0, 0.05) is 35.9 Å². The van der Waals surface area contributed by atoms with Crippen molar-refractivity contribution in [3.63, 3.8) is 0 Å². The Morgan fingerprint density at radius 3 is 2.30 bits per heavy atom. The standard InChI is InChI=1S/C25H29ClN2O2/c1-4-18-27(5-2)25(29)17-13-22-12-16-24(19-6-8-20(26)9-7-19)28(22)21-10-14-23(30-3)15-11-21/h6-12,14-16H,4-5,13,17-18H2,1-3H3. The van der Waals surface area contributed by atoms with E-state index in [1.165, 1.54) is 0 Å². The van der Waals surface area contributed by atoms with Crippen molar-refractivity contribution >= 4 is 17.5 Å². The van der Waals surface area contributed by atoms with Crippen molar-refractivity contribution < 1.29 is 9.53 Å². The van der Waals surface area contributed by atoms with E-state index in [0.29, 0.717) is 17.9 Å². The fourth-order valence-corrected chi connectivity index (χ4v) is 3.80. The van der Waals surface area contributed by atoms with E-state index in [-0.39, 0.29) is 5.91 Å². The molecule has 0 radical (unpaired) electrons. The highest BCUT2D eigenvalue weighted by atomic mass is 35.5. The maximum Gasteiger partial charge on any atom is 0.222 e. The maximum atomic E-state index is 12.7. The van der Waals surface area contributed by atoms with Crippen molar-refractivity contribution in [2.24, 2.45) is 0 Å². The predicted octanol–water partition coefficient (Wildman–Crippen LogP) is 6.00. The number of halogens is 1. The lowest BCUT2D eigenvalue weighted by Gasteiger charge is -2.20. The average Bonchev–Trinajstić information content (AvgIpc) is 3.20. The summed E-state index contributed by atoms with van der Waals surface area (Å²) in [6.45, 7) is 5.70. The van der Waals surface area contributed by atoms with Crippen LogP contribution >= 0.6 is 11.6 Å². The van der Waals surface area contributed by atoms with Gasteiger partial charge in [0.25, 0.3) is 0 Å². The number of methoxy groups -OCH3 is 1. The van der Waals surface area contributed by atoms with Gasteiger partial charge in [-0.1, -0.05) is 30.7 Å². The summed E-state index contributed by atoms with van der Waals surface area (Å²) in [5.41, 5.74) is 4.29. The second kappa shape index (κ2) is 10.4. The second-order valence-electron chi connectivity index (χ2n) is 7.22. The van der Waals surface area contributed by atoms with Gasteiger partial charge in [-0.15, -0.1) is 0 Å². The van der Waals surface area contributed by atoms with Gasteiger partial charge in [-0.05, 0) is 73.9 Å².